The average Bonchev–Trinajstić information content (AvgIpc) is 1.91. The van der Waals surface area contributed by atoms with Crippen LogP contribution >= 0.6 is 24.2 Å². The Morgan fingerprint density at radius 2 is 2.25 bits per heavy atom. The molecule has 1 aromatic heterocycles. The molecule has 0 spiro atoms. The first-order chi connectivity index (χ1) is 3.30. The molecule has 0 aliphatic carbocycles. The number of hydrogen-bond acceptors (Lipinski definition) is 5. The van der Waals surface area contributed by atoms with Crippen molar-refractivity contribution in [2.75, 3.05) is 5.73 Å². The molecule has 0 fully saturated rings. The van der Waals surface area contributed by atoms with Crippen LogP contribution in [-0.4, -0.2) is 9.59 Å². The predicted molar refractivity (Wildman–Crippen MR) is 31.6 cm³/mol. The molecule has 0 aromatic carbocycles. The summed E-state index contributed by atoms with van der Waals surface area (Å²) >= 11 is 5.10. The third-order valence-corrected chi connectivity index (χ3v) is 1.51. The fourth-order valence-corrected chi connectivity index (χ4v) is 0.687. The zero-order valence-corrected chi connectivity index (χ0v) is 6.82. The van der Waals surface area contributed by atoms with Crippen LogP contribution in [0.2, 0.25) is 0 Å². The van der Waals surface area contributed by atoms with E-state index in [0.29, 0.717) is 10.0 Å². The first-order valence-corrected chi connectivity index (χ1v) is 2.79. The molecule has 1 aromatic rings. The molecule has 0 saturated heterocycles. The fourth-order valence-electron chi connectivity index (χ4n) is 0.193. The van der Waals surface area contributed by atoms with E-state index in [0.717, 1.165) is 0 Å². The van der Waals surface area contributed by atoms with E-state index in [-0.39, 0.29) is 22.4 Å². The molecule has 6 heteroatoms. The van der Waals surface area contributed by atoms with E-state index >= 15 is 0 Å². The minimum Gasteiger partial charge on any atom is -0.381 e. The van der Waals surface area contributed by atoms with Crippen molar-refractivity contribution < 1.29 is 22.4 Å². The number of anilines is 1. The van der Waals surface area contributed by atoms with E-state index in [1.807, 2.05) is 0 Å². The molecular weight excluding hydrogens is 238 g/mol. The Kier molecular flexibility index (Phi) is 3.67. The number of rotatable bonds is 0. The summed E-state index contributed by atoms with van der Waals surface area (Å²) in [6.07, 6.45) is 0. The molecular formula is C2H3AgN3S2. The van der Waals surface area contributed by atoms with Gasteiger partial charge in [0.15, 0.2) is 5.82 Å². The van der Waals surface area contributed by atoms with Crippen molar-refractivity contribution in [1.29, 1.82) is 0 Å². The maximum absolute atomic E-state index is 5.20. The number of hydrogen-bond donors (Lipinski definition) is 2. The van der Waals surface area contributed by atoms with E-state index in [9.17, 15) is 0 Å². The van der Waals surface area contributed by atoms with Crippen LogP contribution in [0.3, 0.4) is 0 Å². The summed E-state index contributed by atoms with van der Waals surface area (Å²) < 4.78 is 4.19. The summed E-state index contributed by atoms with van der Waals surface area (Å²) in [5.74, 6) is 0.410. The maximum Gasteiger partial charge on any atom is 0.172 e. The van der Waals surface area contributed by atoms with Crippen molar-refractivity contribution in [1.82, 2.24) is 9.59 Å². The number of nitrogens with two attached hydrogens (primary N) is 1. The molecule has 0 bridgehead atoms. The van der Waals surface area contributed by atoms with E-state index in [1.54, 1.807) is 0 Å². The van der Waals surface area contributed by atoms with Crippen LogP contribution in [0.1, 0.15) is 0 Å². The van der Waals surface area contributed by atoms with Crippen molar-refractivity contribution in [3.63, 3.8) is 0 Å². The molecule has 0 aliphatic heterocycles. The molecule has 1 heterocycles. The number of thiol groups is 1. The Hall–Kier alpha value is 0.450. The van der Waals surface area contributed by atoms with Crippen molar-refractivity contribution in [2.45, 2.75) is 4.21 Å². The zero-order chi connectivity index (χ0) is 5.28. The Morgan fingerprint density at radius 1 is 1.62 bits per heavy atom. The van der Waals surface area contributed by atoms with Gasteiger partial charge in [-0.15, -0.1) is 17.7 Å². The fraction of sp³-hybridized carbons (Fsp3) is 0. The van der Waals surface area contributed by atoms with Crippen molar-refractivity contribution >= 4 is 30.0 Å². The molecule has 1 radical (unpaired) electrons. The van der Waals surface area contributed by atoms with Crippen LogP contribution in [0.25, 0.3) is 0 Å². The van der Waals surface area contributed by atoms with Crippen LogP contribution in [-0.2, 0) is 22.4 Å². The van der Waals surface area contributed by atoms with Gasteiger partial charge in [-0.25, -0.2) is 0 Å². The van der Waals surface area contributed by atoms with Crippen molar-refractivity contribution in [3.05, 3.63) is 0 Å². The third kappa shape index (κ3) is 1.75. The van der Waals surface area contributed by atoms with Crippen LogP contribution in [0.5, 0.6) is 0 Å². The summed E-state index contributed by atoms with van der Waals surface area (Å²) in [5.41, 5.74) is 5.20. The van der Waals surface area contributed by atoms with Gasteiger partial charge in [0.1, 0.15) is 4.21 Å². The van der Waals surface area contributed by atoms with Crippen LogP contribution in [0.4, 0.5) is 5.82 Å². The van der Waals surface area contributed by atoms with Gasteiger partial charge < -0.3 is 5.73 Å². The topological polar surface area (TPSA) is 51.8 Å². The molecule has 0 aliphatic rings. The van der Waals surface area contributed by atoms with Gasteiger partial charge in [0.05, 0.1) is 0 Å². The molecule has 1 rings (SSSR count). The Morgan fingerprint density at radius 3 is 2.38 bits per heavy atom. The molecule has 0 saturated carbocycles. The minimum atomic E-state index is 0. The van der Waals surface area contributed by atoms with Gasteiger partial charge >= 0.3 is 0 Å². The number of aromatic nitrogens is 2. The third-order valence-electron chi connectivity index (χ3n) is 0.495. The monoisotopic (exact) mass is 240 g/mol. The summed E-state index contributed by atoms with van der Waals surface area (Å²) in [7, 11) is 0. The van der Waals surface area contributed by atoms with E-state index in [1.165, 1.54) is 11.5 Å². The van der Waals surface area contributed by atoms with Crippen molar-refractivity contribution in [3.8, 4) is 0 Å². The second-order valence-corrected chi connectivity index (χ2v) is 2.47. The Balaban J connectivity index is 0.000000490. The van der Waals surface area contributed by atoms with Crippen LogP contribution in [0, 0.1) is 0 Å². The van der Waals surface area contributed by atoms with Gasteiger partial charge in [-0.1, -0.05) is 4.49 Å². The zero-order valence-electron chi connectivity index (χ0n) is 3.63. The molecule has 0 atom stereocenters. The Bertz CT molecular complexity index is 148. The number of nitrogens with zero attached hydrogens (tertiary/aromatic N) is 2. The van der Waals surface area contributed by atoms with E-state index in [2.05, 4.69) is 22.2 Å². The molecule has 8 heavy (non-hydrogen) atoms. The normalized spacial score (nSPS) is 8.12. The van der Waals surface area contributed by atoms with Gasteiger partial charge in [-0.3, -0.25) is 0 Å². The van der Waals surface area contributed by atoms with E-state index in [4.69, 9.17) is 5.73 Å². The summed E-state index contributed by atoms with van der Waals surface area (Å²) in [6, 6.07) is 0. The Labute approximate surface area is 71.7 Å². The molecule has 0 unspecified atom stereocenters. The summed E-state index contributed by atoms with van der Waals surface area (Å²) in [6.45, 7) is 0. The summed E-state index contributed by atoms with van der Waals surface area (Å²) in [4.78, 5) is 0. The quantitative estimate of drug-likeness (QED) is 0.510. The second-order valence-electron chi connectivity index (χ2n) is 0.963. The molecule has 49 valence electrons. The maximum atomic E-state index is 5.20. The molecule has 3 nitrogen and oxygen atoms in total. The van der Waals surface area contributed by atoms with Crippen LogP contribution in [0.15, 0.2) is 4.21 Å². The largest absolute Gasteiger partial charge is 0.381 e. The van der Waals surface area contributed by atoms with Crippen molar-refractivity contribution in [2.24, 2.45) is 0 Å². The predicted octanol–water partition coefficient (Wildman–Crippen LogP) is 0.406. The van der Waals surface area contributed by atoms with Gasteiger partial charge in [-0.2, -0.15) is 0 Å². The van der Waals surface area contributed by atoms with Gasteiger partial charge in [0.2, 0.25) is 0 Å². The minimum absolute atomic E-state index is 0. The second kappa shape index (κ2) is 3.47. The molecule has 0 amide bonds. The summed E-state index contributed by atoms with van der Waals surface area (Å²) in [5, 5.41) is 3.49. The van der Waals surface area contributed by atoms with Crippen LogP contribution < -0.4 is 5.73 Å². The van der Waals surface area contributed by atoms with E-state index < -0.39 is 0 Å². The number of nitrogen functional groups attached to an aromatic ring is 1. The van der Waals surface area contributed by atoms with Gasteiger partial charge in [0, 0.05) is 22.4 Å². The smallest absolute Gasteiger partial charge is 0.172 e. The first kappa shape index (κ1) is 8.45. The molecule has 2 N–H and O–H groups in total. The van der Waals surface area contributed by atoms with Gasteiger partial charge in [0.25, 0.3) is 0 Å². The standard InChI is InChI=1S/C2H3N3S2.Ag/c3-1-2(6)7-5-4-1;/h6H,3H2;. The first-order valence-electron chi connectivity index (χ1n) is 1.57. The van der Waals surface area contributed by atoms with Gasteiger partial charge in [-0.05, 0) is 11.5 Å². The SMILES string of the molecule is Nc1nnsc1S.[Ag]. The average molecular weight is 241 g/mol.